The van der Waals surface area contributed by atoms with Gasteiger partial charge in [-0.3, -0.25) is 0 Å². The minimum atomic E-state index is 0.378. The summed E-state index contributed by atoms with van der Waals surface area (Å²) in [4.78, 5) is 0. The zero-order valence-corrected chi connectivity index (χ0v) is 10.5. The SMILES string of the molecule is c1ccc2c(c1)CCC[C@@H]2OC1CCCCC1. The maximum Gasteiger partial charge on any atom is 0.0831 e. The Bertz CT molecular complexity index is 366. The minimum Gasteiger partial charge on any atom is -0.370 e. The number of rotatable bonds is 2. The van der Waals surface area contributed by atoms with Gasteiger partial charge in [-0.1, -0.05) is 43.5 Å². The molecule has 2 aliphatic carbocycles. The Hall–Kier alpha value is -0.820. The molecule has 1 aromatic rings. The first-order chi connectivity index (χ1) is 8.43. The number of hydrogen-bond acceptors (Lipinski definition) is 1. The first kappa shape index (κ1) is 11.3. The molecular formula is C16H22O. The lowest BCUT2D eigenvalue weighted by Gasteiger charge is -2.31. The molecule has 1 atom stereocenters. The molecule has 0 aliphatic heterocycles. The lowest BCUT2D eigenvalue weighted by atomic mass is 9.89. The van der Waals surface area contributed by atoms with Gasteiger partial charge in [0.15, 0.2) is 0 Å². The van der Waals surface area contributed by atoms with Gasteiger partial charge in [0.1, 0.15) is 0 Å². The van der Waals surface area contributed by atoms with Crippen LogP contribution in [0.15, 0.2) is 24.3 Å². The molecule has 0 aromatic heterocycles. The highest BCUT2D eigenvalue weighted by molar-refractivity contribution is 5.31. The van der Waals surface area contributed by atoms with Crippen LogP contribution in [-0.4, -0.2) is 6.10 Å². The van der Waals surface area contributed by atoms with E-state index in [9.17, 15) is 0 Å². The van der Waals surface area contributed by atoms with Gasteiger partial charge in [-0.15, -0.1) is 0 Å². The summed E-state index contributed by atoms with van der Waals surface area (Å²) in [5.74, 6) is 0. The van der Waals surface area contributed by atoms with Crippen LogP contribution < -0.4 is 0 Å². The third-order valence-corrected chi connectivity index (χ3v) is 4.22. The Balaban J connectivity index is 1.71. The van der Waals surface area contributed by atoms with E-state index in [0.29, 0.717) is 12.2 Å². The predicted molar refractivity (Wildman–Crippen MR) is 70.1 cm³/mol. The maximum absolute atomic E-state index is 6.36. The van der Waals surface area contributed by atoms with E-state index in [1.165, 1.54) is 62.5 Å². The zero-order chi connectivity index (χ0) is 11.5. The standard InChI is InChI=1S/C16H22O/c1-2-9-14(10-3-1)17-16-12-6-8-13-7-4-5-11-15(13)16/h4-5,7,11,14,16H,1-3,6,8-10,12H2/t16-/m0/s1. The van der Waals surface area contributed by atoms with Crippen LogP contribution in [0, 0.1) is 0 Å². The van der Waals surface area contributed by atoms with E-state index in [-0.39, 0.29) is 0 Å². The Kier molecular flexibility index (Phi) is 3.46. The Morgan fingerprint density at radius 2 is 1.71 bits per heavy atom. The first-order valence-corrected chi connectivity index (χ1v) is 7.17. The highest BCUT2D eigenvalue weighted by atomic mass is 16.5. The molecular weight excluding hydrogens is 208 g/mol. The normalized spacial score (nSPS) is 25.5. The number of fused-ring (bicyclic) bond motifs is 1. The number of benzene rings is 1. The fourth-order valence-corrected chi connectivity index (χ4v) is 3.28. The van der Waals surface area contributed by atoms with Gasteiger partial charge >= 0.3 is 0 Å². The lowest BCUT2D eigenvalue weighted by molar-refractivity contribution is -0.0388. The zero-order valence-electron chi connectivity index (χ0n) is 10.5. The molecule has 0 radical (unpaired) electrons. The van der Waals surface area contributed by atoms with E-state index in [0.717, 1.165) is 0 Å². The lowest BCUT2D eigenvalue weighted by Crippen LogP contribution is -2.22. The van der Waals surface area contributed by atoms with E-state index >= 15 is 0 Å². The molecule has 0 unspecified atom stereocenters. The molecule has 1 saturated carbocycles. The monoisotopic (exact) mass is 230 g/mol. The smallest absolute Gasteiger partial charge is 0.0831 e. The van der Waals surface area contributed by atoms with Crippen LogP contribution in [0.5, 0.6) is 0 Å². The molecule has 1 nitrogen and oxygen atoms in total. The van der Waals surface area contributed by atoms with Crippen LogP contribution in [0.1, 0.15) is 62.2 Å². The van der Waals surface area contributed by atoms with Gasteiger partial charge < -0.3 is 4.74 Å². The van der Waals surface area contributed by atoms with Gasteiger partial charge in [0.2, 0.25) is 0 Å². The fraction of sp³-hybridized carbons (Fsp3) is 0.625. The second kappa shape index (κ2) is 5.22. The van der Waals surface area contributed by atoms with Gasteiger partial charge in [0.05, 0.1) is 12.2 Å². The van der Waals surface area contributed by atoms with E-state index < -0.39 is 0 Å². The number of hydrogen-bond donors (Lipinski definition) is 0. The summed E-state index contributed by atoms with van der Waals surface area (Å²) < 4.78 is 6.36. The van der Waals surface area contributed by atoms with Crippen LogP contribution >= 0.6 is 0 Å². The molecule has 0 spiro atoms. The summed E-state index contributed by atoms with van der Waals surface area (Å²) in [5, 5.41) is 0. The Morgan fingerprint density at radius 3 is 2.59 bits per heavy atom. The van der Waals surface area contributed by atoms with Crippen molar-refractivity contribution in [3.63, 3.8) is 0 Å². The topological polar surface area (TPSA) is 9.23 Å². The van der Waals surface area contributed by atoms with Crippen molar-refractivity contribution >= 4 is 0 Å². The van der Waals surface area contributed by atoms with Crippen molar-refractivity contribution < 1.29 is 4.74 Å². The summed E-state index contributed by atoms with van der Waals surface area (Å²) in [7, 11) is 0. The molecule has 2 aliphatic rings. The van der Waals surface area contributed by atoms with Crippen LogP contribution in [-0.2, 0) is 11.2 Å². The van der Waals surface area contributed by atoms with Crippen LogP contribution in [0.3, 0.4) is 0 Å². The van der Waals surface area contributed by atoms with E-state index in [2.05, 4.69) is 24.3 Å². The van der Waals surface area contributed by atoms with Crippen LogP contribution in [0.4, 0.5) is 0 Å². The molecule has 0 saturated heterocycles. The third-order valence-electron chi connectivity index (χ3n) is 4.22. The quantitative estimate of drug-likeness (QED) is 0.731. The highest BCUT2D eigenvalue weighted by Gasteiger charge is 2.24. The Morgan fingerprint density at radius 1 is 0.882 bits per heavy atom. The number of aryl methyl sites for hydroxylation is 1. The molecule has 1 fully saturated rings. The summed E-state index contributed by atoms with van der Waals surface area (Å²) >= 11 is 0. The van der Waals surface area contributed by atoms with E-state index in [1.54, 1.807) is 0 Å². The average Bonchev–Trinajstić information content (AvgIpc) is 2.40. The van der Waals surface area contributed by atoms with Gasteiger partial charge in [0, 0.05) is 0 Å². The molecule has 0 heterocycles. The van der Waals surface area contributed by atoms with Crippen molar-refractivity contribution in [3.8, 4) is 0 Å². The van der Waals surface area contributed by atoms with Gasteiger partial charge in [-0.2, -0.15) is 0 Å². The molecule has 92 valence electrons. The molecule has 3 rings (SSSR count). The second-order valence-electron chi connectivity index (χ2n) is 5.48. The van der Waals surface area contributed by atoms with E-state index in [1.807, 2.05) is 0 Å². The summed E-state index contributed by atoms with van der Waals surface area (Å²) in [6.07, 6.45) is 11.3. The summed E-state index contributed by atoms with van der Waals surface area (Å²) in [6, 6.07) is 8.84. The fourth-order valence-electron chi connectivity index (χ4n) is 3.28. The largest absolute Gasteiger partial charge is 0.370 e. The molecule has 0 N–H and O–H groups in total. The van der Waals surface area contributed by atoms with Crippen molar-refractivity contribution in [2.75, 3.05) is 0 Å². The van der Waals surface area contributed by atoms with Gasteiger partial charge in [-0.25, -0.2) is 0 Å². The average molecular weight is 230 g/mol. The van der Waals surface area contributed by atoms with Crippen molar-refractivity contribution in [2.24, 2.45) is 0 Å². The van der Waals surface area contributed by atoms with Crippen molar-refractivity contribution in [1.82, 2.24) is 0 Å². The minimum absolute atomic E-state index is 0.378. The van der Waals surface area contributed by atoms with Crippen LogP contribution in [0.2, 0.25) is 0 Å². The summed E-state index contributed by atoms with van der Waals surface area (Å²) in [5.41, 5.74) is 2.98. The molecule has 1 aromatic carbocycles. The molecule has 0 amide bonds. The Labute approximate surface area is 104 Å². The first-order valence-electron chi connectivity index (χ1n) is 7.17. The molecule has 1 heteroatoms. The maximum atomic E-state index is 6.36. The molecule has 17 heavy (non-hydrogen) atoms. The number of ether oxygens (including phenoxy) is 1. The van der Waals surface area contributed by atoms with Gasteiger partial charge in [0.25, 0.3) is 0 Å². The van der Waals surface area contributed by atoms with Crippen molar-refractivity contribution in [2.45, 2.75) is 63.6 Å². The summed E-state index contributed by atoms with van der Waals surface area (Å²) in [6.45, 7) is 0. The van der Waals surface area contributed by atoms with Crippen molar-refractivity contribution in [3.05, 3.63) is 35.4 Å². The second-order valence-corrected chi connectivity index (χ2v) is 5.48. The van der Waals surface area contributed by atoms with E-state index in [4.69, 9.17) is 4.74 Å². The molecule has 0 bridgehead atoms. The predicted octanol–water partition coefficient (Wildman–Crippen LogP) is 4.41. The highest BCUT2D eigenvalue weighted by Crippen LogP contribution is 2.35. The van der Waals surface area contributed by atoms with Gasteiger partial charge in [-0.05, 0) is 43.2 Å². The third kappa shape index (κ3) is 2.55. The van der Waals surface area contributed by atoms with Crippen molar-refractivity contribution in [1.29, 1.82) is 0 Å². The van der Waals surface area contributed by atoms with Crippen LogP contribution in [0.25, 0.3) is 0 Å².